The van der Waals surface area contributed by atoms with Crippen molar-refractivity contribution in [3.8, 4) is 5.75 Å². The molecule has 1 aromatic heterocycles. The van der Waals surface area contributed by atoms with E-state index >= 15 is 0 Å². The van der Waals surface area contributed by atoms with Crippen molar-refractivity contribution in [2.45, 2.75) is 46.7 Å². The molecule has 0 bridgehead atoms. The number of nitrogens with one attached hydrogen (secondary N) is 2. The van der Waals surface area contributed by atoms with Gasteiger partial charge >= 0.3 is 0 Å². The summed E-state index contributed by atoms with van der Waals surface area (Å²) in [5, 5.41) is 11.3. The number of rotatable bonds is 6. The predicted molar refractivity (Wildman–Crippen MR) is 107 cm³/mol. The van der Waals surface area contributed by atoms with E-state index in [1.165, 1.54) is 16.8 Å². The minimum Gasteiger partial charge on any atom is -0.496 e. The third-order valence-corrected chi connectivity index (χ3v) is 4.70. The van der Waals surface area contributed by atoms with Crippen LogP contribution in [0.15, 0.2) is 23.2 Å². The Balaban J connectivity index is 1.93. The summed E-state index contributed by atoms with van der Waals surface area (Å²) in [4.78, 5) is 4.34. The van der Waals surface area contributed by atoms with Crippen LogP contribution in [-0.4, -0.2) is 35.9 Å². The maximum Gasteiger partial charge on any atom is 0.191 e. The maximum absolute atomic E-state index is 5.31. The smallest absolute Gasteiger partial charge is 0.191 e. The van der Waals surface area contributed by atoms with Gasteiger partial charge in [-0.15, -0.1) is 0 Å². The zero-order chi connectivity index (χ0) is 19.3. The Labute approximate surface area is 156 Å². The van der Waals surface area contributed by atoms with E-state index in [1.807, 2.05) is 17.8 Å². The van der Waals surface area contributed by atoms with E-state index in [-0.39, 0.29) is 6.04 Å². The predicted octanol–water partition coefficient (Wildman–Crippen LogP) is 2.65. The van der Waals surface area contributed by atoms with Crippen molar-refractivity contribution in [2.24, 2.45) is 12.0 Å². The number of aryl methyl sites for hydroxylation is 3. The second-order valence-corrected chi connectivity index (χ2v) is 6.75. The topological polar surface area (TPSA) is 63.5 Å². The number of aromatic nitrogens is 2. The largest absolute Gasteiger partial charge is 0.496 e. The van der Waals surface area contributed by atoms with Crippen LogP contribution in [0.1, 0.15) is 35.0 Å². The molecule has 0 saturated heterocycles. The van der Waals surface area contributed by atoms with Crippen LogP contribution in [0.2, 0.25) is 0 Å². The third kappa shape index (κ3) is 4.77. The van der Waals surface area contributed by atoms with E-state index in [0.29, 0.717) is 6.54 Å². The van der Waals surface area contributed by atoms with Gasteiger partial charge in [0.25, 0.3) is 0 Å². The molecule has 1 atom stereocenters. The second-order valence-electron chi connectivity index (χ2n) is 6.75. The van der Waals surface area contributed by atoms with Crippen molar-refractivity contribution < 1.29 is 4.74 Å². The number of ether oxygens (including phenoxy) is 1. The van der Waals surface area contributed by atoms with Crippen LogP contribution in [0.5, 0.6) is 5.75 Å². The van der Waals surface area contributed by atoms with E-state index in [2.05, 4.69) is 60.6 Å². The highest BCUT2D eigenvalue weighted by Crippen LogP contribution is 2.18. The summed E-state index contributed by atoms with van der Waals surface area (Å²) in [7, 11) is 5.47. The van der Waals surface area contributed by atoms with E-state index in [0.717, 1.165) is 29.4 Å². The van der Waals surface area contributed by atoms with Gasteiger partial charge in [-0.3, -0.25) is 9.67 Å². The Morgan fingerprint density at radius 2 is 2.04 bits per heavy atom. The molecule has 0 aliphatic rings. The quantitative estimate of drug-likeness (QED) is 0.616. The zero-order valence-electron chi connectivity index (χ0n) is 17.0. The van der Waals surface area contributed by atoms with Crippen molar-refractivity contribution in [3.05, 3.63) is 46.3 Å². The minimum absolute atomic E-state index is 0.250. The molecule has 2 rings (SSSR count). The Kier molecular flexibility index (Phi) is 6.66. The monoisotopic (exact) mass is 357 g/mol. The molecule has 0 radical (unpaired) electrons. The molecule has 2 N–H and O–H groups in total. The lowest BCUT2D eigenvalue weighted by atomic mass is 10.1. The van der Waals surface area contributed by atoms with Gasteiger partial charge in [0.15, 0.2) is 5.96 Å². The van der Waals surface area contributed by atoms with Crippen molar-refractivity contribution in [2.75, 3.05) is 14.2 Å². The molecule has 0 fully saturated rings. The highest BCUT2D eigenvalue weighted by atomic mass is 16.5. The second kappa shape index (κ2) is 8.74. The lowest BCUT2D eigenvalue weighted by molar-refractivity contribution is 0.411. The fraction of sp³-hybridized carbons (Fsp3) is 0.500. The first kappa shape index (κ1) is 19.8. The Hall–Kier alpha value is -2.50. The van der Waals surface area contributed by atoms with Crippen LogP contribution >= 0.6 is 0 Å². The first-order valence-corrected chi connectivity index (χ1v) is 8.95. The van der Waals surface area contributed by atoms with E-state index in [9.17, 15) is 0 Å². The average molecular weight is 358 g/mol. The summed E-state index contributed by atoms with van der Waals surface area (Å²) in [6, 6.07) is 6.45. The molecule has 0 aliphatic carbocycles. The molecule has 2 aromatic rings. The summed E-state index contributed by atoms with van der Waals surface area (Å²) in [6.45, 7) is 9.10. The SMILES string of the molecule is CN=C(NCc1ccc(OC)c(C)c1)NC(C)Cc1c(C)nn(C)c1C. The van der Waals surface area contributed by atoms with E-state index in [4.69, 9.17) is 4.74 Å². The molecule has 1 heterocycles. The van der Waals surface area contributed by atoms with Crippen molar-refractivity contribution >= 4 is 5.96 Å². The van der Waals surface area contributed by atoms with Gasteiger partial charge in [0.2, 0.25) is 0 Å². The molecular formula is C20H31N5O. The van der Waals surface area contributed by atoms with Crippen LogP contribution < -0.4 is 15.4 Å². The van der Waals surface area contributed by atoms with Crippen LogP contribution in [0.4, 0.5) is 0 Å². The minimum atomic E-state index is 0.250. The summed E-state index contributed by atoms with van der Waals surface area (Å²) in [5.41, 5.74) is 5.93. The molecular weight excluding hydrogens is 326 g/mol. The summed E-state index contributed by atoms with van der Waals surface area (Å²) >= 11 is 0. The molecule has 1 unspecified atom stereocenters. The van der Waals surface area contributed by atoms with Gasteiger partial charge in [0.05, 0.1) is 12.8 Å². The fourth-order valence-electron chi connectivity index (χ4n) is 3.13. The molecule has 0 spiro atoms. The van der Waals surface area contributed by atoms with Crippen LogP contribution in [0, 0.1) is 20.8 Å². The molecule has 6 nitrogen and oxygen atoms in total. The number of hydrogen-bond donors (Lipinski definition) is 2. The maximum atomic E-state index is 5.31. The van der Waals surface area contributed by atoms with Gasteiger partial charge in [-0.05, 0) is 56.9 Å². The van der Waals surface area contributed by atoms with Crippen molar-refractivity contribution in [3.63, 3.8) is 0 Å². The summed E-state index contributed by atoms with van der Waals surface area (Å²) in [6.07, 6.45) is 0.911. The zero-order valence-corrected chi connectivity index (χ0v) is 17.0. The number of methoxy groups -OCH3 is 1. The summed E-state index contributed by atoms with van der Waals surface area (Å²) in [5.74, 6) is 1.71. The fourth-order valence-corrected chi connectivity index (χ4v) is 3.13. The lowest BCUT2D eigenvalue weighted by Gasteiger charge is -2.18. The average Bonchev–Trinajstić information content (AvgIpc) is 2.84. The summed E-state index contributed by atoms with van der Waals surface area (Å²) < 4.78 is 7.25. The number of guanidine groups is 1. The molecule has 142 valence electrons. The normalized spacial score (nSPS) is 12.8. The first-order chi connectivity index (χ1) is 12.3. The Morgan fingerprint density at radius 1 is 1.31 bits per heavy atom. The van der Waals surface area contributed by atoms with Gasteiger partial charge in [0.1, 0.15) is 5.75 Å². The molecule has 0 aliphatic heterocycles. The Bertz CT molecular complexity index is 779. The Morgan fingerprint density at radius 3 is 2.58 bits per heavy atom. The molecule has 6 heteroatoms. The van der Waals surface area contributed by atoms with Crippen molar-refractivity contribution in [1.29, 1.82) is 0 Å². The molecule has 26 heavy (non-hydrogen) atoms. The van der Waals surface area contributed by atoms with Gasteiger partial charge in [0, 0.05) is 32.4 Å². The van der Waals surface area contributed by atoms with E-state index in [1.54, 1.807) is 14.2 Å². The third-order valence-electron chi connectivity index (χ3n) is 4.70. The van der Waals surface area contributed by atoms with Crippen molar-refractivity contribution in [1.82, 2.24) is 20.4 Å². The van der Waals surface area contributed by atoms with Gasteiger partial charge < -0.3 is 15.4 Å². The number of hydrogen-bond acceptors (Lipinski definition) is 3. The number of benzene rings is 1. The lowest BCUT2D eigenvalue weighted by Crippen LogP contribution is -2.42. The first-order valence-electron chi connectivity index (χ1n) is 8.95. The van der Waals surface area contributed by atoms with Gasteiger partial charge in [-0.2, -0.15) is 5.10 Å². The standard InChI is InChI=1S/C20H31N5O/c1-13-10-17(8-9-19(13)26-7)12-22-20(21-5)23-14(2)11-18-15(3)24-25(6)16(18)4/h8-10,14H,11-12H2,1-7H3,(H2,21,22,23). The van der Waals surface area contributed by atoms with Crippen LogP contribution in [0.3, 0.4) is 0 Å². The molecule has 0 saturated carbocycles. The van der Waals surface area contributed by atoms with Crippen LogP contribution in [0.25, 0.3) is 0 Å². The van der Waals surface area contributed by atoms with Gasteiger partial charge in [-0.1, -0.05) is 12.1 Å². The highest BCUT2D eigenvalue weighted by molar-refractivity contribution is 5.79. The molecule has 1 aromatic carbocycles. The van der Waals surface area contributed by atoms with Gasteiger partial charge in [-0.25, -0.2) is 0 Å². The molecule has 0 amide bonds. The number of nitrogens with zero attached hydrogens (tertiary/aromatic N) is 3. The van der Waals surface area contributed by atoms with E-state index < -0.39 is 0 Å². The number of aliphatic imine (C=N–C) groups is 1. The highest BCUT2D eigenvalue weighted by Gasteiger charge is 2.14. The van der Waals surface area contributed by atoms with Crippen LogP contribution in [-0.2, 0) is 20.0 Å².